The third-order valence-electron chi connectivity index (χ3n) is 2.78. The third kappa shape index (κ3) is 3.18. The van der Waals surface area contributed by atoms with E-state index in [1.54, 1.807) is 25.4 Å². The molecule has 110 valence electrons. The Balaban J connectivity index is 2.51. The second-order valence-electron chi connectivity index (χ2n) is 4.25. The van der Waals surface area contributed by atoms with Gasteiger partial charge in [-0.25, -0.2) is 4.39 Å². The van der Waals surface area contributed by atoms with Crippen molar-refractivity contribution in [2.24, 2.45) is 12.0 Å². The lowest BCUT2D eigenvalue weighted by molar-refractivity contribution is -0.140. The molecule has 0 fully saturated rings. The van der Waals surface area contributed by atoms with Crippen LogP contribution in [0.3, 0.4) is 0 Å². The van der Waals surface area contributed by atoms with Crippen LogP contribution < -0.4 is 5.49 Å². The van der Waals surface area contributed by atoms with E-state index in [9.17, 15) is 22.4 Å². The summed E-state index contributed by atoms with van der Waals surface area (Å²) in [5.74, 6) is -2.68. The van der Waals surface area contributed by atoms with E-state index < -0.39 is 29.0 Å². The van der Waals surface area contributed by atoms with Gasteiger partial charge in [-0.3, -0.25) is 4.79 Å². The minimum absolute atomic E-state index is 0.208. The Kier molecular flexibility index (Phi) is 3.93. The first-order valence-electron chi connectivity index (χ1n) is 5.87. The minimum atomic E-state index is -4.86. The molecule has 0 aliphatic carbocycles. The average molecular weight is 298 g/mol. The number of aromatic nitrogens is 1. The summed E-state index contributed by atoms with van der Waals surface area (Å²) in [7, 11) is 1.61. The Morgan fingerprint density at radius 3 is 2.48 bits per heavy atom. The molecule has 21 heavy (non-hydrogen) atoms. The maximum Gasteiger partial charge on any atom is 0.419 e. The molecule has 0 N–H and O–H groups in total. The number of amides is 1. The highest BCUT2D eigenvalue weighted by molar-refractivity contribution is 5.95. The van der Waals surface area contributed by atoms with E-state index in [1.807, 2.05) is 0 Å². The van der Waals surface area contributed by atoms with E-state index in [1.165, 1.54) is 10.6 Å². The predicted octanol–water partition coefficient (Wildman–Crippen LogP) is 2.92. The number of rotatable bonds is 1. The lowest BCUT2D eigenvalue weighted by atomic mass is 10.1. The number of hydrogen-bond acceptors (Lipinski definition) is 1. The van der Waals surface area contributed by atoms with Gasteiger partial charge in [-0.15, -0.1) is 0 Å². The highest BCUT2D eigenvalue weighted by Crippen LogP contribution is 2.32. The van der Waals surface area contributed by atoms with Crippen molar-refractivity contribution in [3.63, 3.8) is 0 Å². The molecule has 2 rings (SSSR count). The van der Waals surface area contributed by atoms with Gasteiger partial charge in [0.05, 0.1) is 11.1 Å². The van der Waals surface area contributed by atoms with Crippen LogP contribution in [0.2, 0.25) is 0 Å². The van der Waals surface area contributed by atoms with Gasteiger partial charge >= 0.3 is 6.18 Å². The Bertz CT molecular complexity index is 747. The highest BCUT2D eigenvalue weighted by Gasteiger charge is 2.35. The molecule has 0 radical (unpaired) electrons. The molecule has 0 aliphatic rings. The second kappa shape index (κ2) is 5.51. The van der Waals surface area contributed by atoms with Gasteiger partial charge in [0.1, 0.15) is 11.3 Å². The van der Waals surface area contributed by atoms with E-state index in [0.29, 0.717) is 6.07 Å². The van der Waals surface area contributed by atoms with Gasteiger partial charge in [-0.2, -0.15) is 18.2 Å². The Labute approximate surface area is 117 Å². The monoisotopic (exact) mass is 298 g/mol. The summed E-state index contributed by atoms with van der Waals surface area (Å²) in [6, 6.07) is 7.31. The van der Waals surface area contributed by atoms with Crippen molar-refractivity contribution in [3.05, 3.63) is 65.0 Å². The summed E-state index contributed by atoms with van der Waals surface area (Å²) in [6.45, 7) is 0. The molecular weight excluding hydrogens is 288 g/mol. The average Bonchev–Trinajstić information content (AvgIpc) is 2.40. The second-order valence-corrected chi connectivity index (χ2v) is 4.25. The number of carbonyl (C=O) groups is 1. The molecule has 2 aromatic rings. The Morgan fingerprint density at radius 2 is 1.86 bits per heavy atom. The fourth-order valence-corrected chi connectivity index (χ4v) is 1.71. The summed E-state index contributed by atoms with van der Waals surface area (Å²) in [5.41, 5.74) is -1.99. The number of benzene rings is 1. The van der Waals surface area contributed by atoms with E-state index >= 15 is 0 Å². The van der Waals surface area contributed by atoms with E-state index in [4.69, 9.17) is 0 Å². The molecule has 1 aromatic heterocycles. The molecular formula is C14H10F4N2O. The van der Waals surface area contributed by atoms with Crippen LogP contribution in [0.5, 0.6) is 0 Å². The van der Waals surface area contributed by atoms with Gasteiger partial charge in [-0.1, -0.05) is 12.1 Å². The van der Waals surface area contributed by atoms with Gasteiger partial charge in [0.15, 0.2) is 0 Å². The summed E-state index contributed by atoms with van der Waals surface area (Å²) >= 11 is 0. The maximum absolute atomic E-state index is 13.8. The SMILES string of the molecule is Cn1cccc/c1=N\C(=O)c1cccc(C(F)(F)F)c1F. The van der Waals surface area contributed by atoms with Crippen LogP contribution in [0.4, 0.5) is 17.6 Å². The van der Waals surface area contributed by atoms with Gasteiger partial charge in [0, 0.05) is 13.2 Å². The maximum atomic E-state index is 13.8. The molecule has 0 unspecified atom stereocenters. The highest BCUT2D eigenvalue weighted by atomic mass is 19.4. The summed E-state index contributed by atoms with van der Waals surface area (Å²) in [6.07, 6.45) is -3.26. The molecule has 1 amide bonds. The van der Waals surface area contributed by atoms with Crippen molar-refractivity contribution in [1.29, 1.82) is 0 Å². The van der Waals surface area contributed by atoms with Crippen LogP contribution in [0.25, 0.3) is 0 Å². The number of alkyl halides is 3. The molecule has 0 atom stereocenters. The normalized spacial score (nSPS) is 12.5. The number of halogens is 4. The number of carbonyl (C=O) groups excluding carboxylic acids is 1. The minimum Gasteiger partial charge on any atom is -0.336 e. The van der Waals surface area contributed by atoms with Crippen molar-refractivity contribution in [1.82, 2.24) is 4.57 Å². The zero-order chi connectivity index (χ0) is 15.6. The smallest absolute Gasteiger partial charge is 0.336 e. The Morgan fingerprint density at radius 1 is 1.14 bits per heavy atom. The number of hydrogen-bond donors (Lipinski definition) is 0. The van der Waals surface area contributed by atoms with Gasteiger partial charge in [-0.05, 0) is 24.3 Å². The molecule has 0 bridgehead atoms. The van der Waals surface area contributed by atoms with Crippen molar-refractivity contribution < 1.29 is 22.4 Å². The predicted molar refractivity (Wildman–Crippen MR) is 66.7 cm³/mol. The molecule has 0 aliphatic heterocycles. The fraction of sp³-hybridized carbons (Fsp3) is 0.143. The first kappa shape index (κ1) is 15.0. The topological polar surface area (TPSA) is 34.4 Å². The van der Waals surface area contributed by atoms with Crippen molar-refractivity contribution in [2.45, 2.75) is 6.18 Å². The lowest BCUT2D eigenvalue weighted by Gasteiger charge is -2.09. The van der Waals surface area contributed by atoms with Crippen LogP contribution in [0, 0.1) is 5.82 Å². The standard InChI is InChI=1S/C14H10F4N2O/c1-20-8-3-2-7-11(20)19-13(21)9-5-4-6-10(12(9)15)14(16,17)18/h2-8H,1H3/b19-11+. The summed E-state index contributed by atoms with van der Waals surface area (Å²) in [5, 5.41) is 0. The zero-order valence-corrected chi connectivity index (χ0v) is 10.9. The summed E-state index contributed by atoms with van der Waals surface area (Å²) < 4.78 is 53.1. The van der Waals surface area contributed by atoms with E-state index in [0.717, 1.165) is 12.1 Å². The molecule has 7 heteroatoms. The van der Waals surface area contributed by atoms with Crippen LogP contribution in [0.15, 0.2) is 47.6 Å². The number of aryl methyl sites for hydroxylation is 1. The van der Waals surface area contributed by atoms with Crippen LogP contribution in [-0.2, 0) is 13.2 Å². The van der Waals surface area contributed by atoms with Crippen molar-refractivity contribution >= 4 is 5.91 Å². The van der Waals surface area contributed by atoms with Crippen molar-refractivity contribution in [2.75, 3.05) is 0 Å². The first-order chi connectivity index (χ1) is 9.80. The van der Waals surface area contributed by atoms with E-state index in [-0.39, 0.29) is 5.49 Å². The third-order valence-corrected chi connectivity index (χ3v) is 2.78. The molecule has 0 saturated heterocycles. The largest absolute Gasteiger partial charge is 0.419 e. The summed E-state index contributed by atoms with van der Waals surface area (Å²) in [4.78, 5) is 15.5. The molecule has 1 aromatic carbocycles. The Hall–Kier alpha value is -2.44. The molecule has 3 nitrogen and oxygen atoms in total. The molecule has 0 saturated carbocycles. The van der Waals surface area contributed by atoms with Crippen LogP contribution in [0.1, 0.15) is 15.9 Å². The van der Waals surface area contributed by atoms with Crippen LogP contribution in [-0.4, -0.2) is 10.5 Å². The molecule has 0 spiro atoms. The zero-order valence-electron chi connectivity index (χ0n) is 10.9. The lowest BCUT2D eigenvalue weighted by Crippen LogP contribution is -2.19. The van der Waals surface area contributed by atoms with Gasteiger partial charge in [0.25, 0.3) is 5.91 Å². The van der Waals surface area contributed by atoms with Gasteiger partial charge < -0.3 is 4.57 Å². The van der Waals surface area contributed by atoms with E-state index in [2.05, 4.69) is 4.99 Å². The van der Waals surface area contributed by atoms with Crippen LogP contribution >= 0.6 is 0 Å². The fourth-order valence-electron chi connectivity index (χ4n) is 1.71. The van der Waals surface area contributed by atoms with Crippen molar-refractivity contribution in [3.8, 4) is 0 Å². The van der Waals surface area contributed by atoms with Gasteiger partial charge in [0.2, 0.25) is 0 Å². The first-order valence-corrected chi connectivity index (χ1v) is 5.87. The number of nitrogens with zero attached hydrogens (tertiary/aromatic N) is 2. The quantitative estimate of drug-likeness (QED) is 0.745. The molecule has 1 heterocycles. The number of pyridine rings is 1.